The first kappa shape index (κ1) is 23.6. The van der Waals surface area contributed by atoms with Crippen LogP contribution in [0.1, 0.15) is 48.5 Å². The predicted molar refractivity (Wildman–Crippen MR) is 129 cm³/mol. The van der Waals surface area contributed by atoms with Crippen molar-refractivity contribution >= 4 is 40.7 Å². The Morgan fingerprint density at radius 1 is 1.13 bits per heavy atom. The largest absolute Gasteiger partial charge is 0.330 e. The van der Waals surface area contributed by atoms with Crippen LogP contribution >= 0.6 is 35.0 Å². The number of ketones is 1. The fourth-order valence-electron chi connectivity index (χ4n) is 4.03. The number of rotatable bonds is 9. The molecule has 1 heterocycles. The van der Waals surface area contributed by atoms with Crippen LogP contribution in [0, 0.1) is 5.92 Å². The molecule has 0 spiro atoms. The third-order valence-electron chi connectivity index (χ3n) is 5.79. The summed E-state index contributed by atoms with van der Waals surface area (Å²) in [4.78, 5) is 15.3. The van der Waals surface area contributed by atoms with Crippen LogP contribution in [0.3, 0.4) is 0 Å². The van der Waals surface area contributed by atoms with Gasteiger partial charge in [-0.2, -0.15) is 0 Å². The summed E-state index contributed by atoms with van der Waals surface area (Å²) in [6.07, 6.45) is 4.56. The molecule has 1 saturated heterocycles. The molecule has 1 aliphatic heterocycles. The highest BCUT2D eigenvalue weighted by molar-refractivity contribution is 8.00. The number of hydrogen-bond donors (Lipinski definition) is 1. The van der Waals surface area contributed by atoms with E-state index in [4.69, 9.17) is 28.9 Å². The predicted octanol–water partition coefficient (Wildman–Crippen LogP) is 6.31. The van der Waals surface area contributed by atoms with Gasteiger partial charge in [0.1, 0.15) is 0 Å². The van der Waals surface area contributed by atoms with E-state index in [0.29, 0.717) is 21.2 Å². The van der Waals surface area contributed by atoms with Crippen molar-refractivity contribution in [2.24, 2.45) is 11.7 Å². The molecule has 3 rings (SSSR count). The minimum Gasteiger partial charge on any atom is -0.330 e. The molecule has 6 heteroatoms. The van der Waals surface area contributed by atoms with Gasteiger partial charge in [-0.05, 0) is 88.0 Å². The molecule has 0 aromatic heterocycles. The first-order valence-corrected chi connectivity index (χ1v) is 12.2. The summed E-state index contributed by atoms with van der Waals surface area (Å²) in [5.74, 6) is 0.791. The number of benzene rings is 2. The molecule has 1 unspecified atom stereocenters. The van der Waals surface area contributed by atoms with Gasteiger partial charge in [-0.15, -0.1) is 11.8 Å². The molecule has 1 aliphatic rings. The van der Waals surface area contributed by atoms with Gasteiger partial charge in [-0.1, -0.05) is 41.4 Å². The fraction of sp³-hybridized carbons (Fsp3) is 0.458. The minimum absolute atomic E-state index is 0.112. The molecule has 0 amide bonds. The van der Waals surface area contributed by atoms with Crippen molar-refractivity contribution in [1.82, 2.24) is 4.90 Å². The molecule has 3 nitrogen and oxygen atoms in total. The quantitative estimate of drug-likeness (QED) is 0.348. The Labute approximate surface area is 194 Å². The van der Waals surface area contributed by atoms with Crippen molar-refractivity contribution in [3.8, 4) is 0 Å². The van der Waals surface area contributed by atoms with Crippen molar-refractivity contribution < 1.29 is 4.79 Å². The lowest BCUT2D eigenvalue weighted by molar-refractivity contribution is 0.101. The van der Waals surface area contributed by atoms with E-state index < -0.39 is 0 Å². The zero-order valence-electron chi connectivity index (χ0n) is 17.4. The van der Waals surface area contributed by atoms with Crippen LogP contribution in [0.4, 0.5) is 0 Å². The summed E-state index contributed by atoms with van der Waals surface area (Å²) >= 11 is 14.1. The number of carbonyl (C=O) groups excluding carboxylic acids is 1. The molecule has 162 valence electrons. The lowest BCUT2D eigenvalue weighted by atomic mass is 9.90. The summed E-state index contributed by atoms with van der Waals surface area (Å²) in [6, 6.07) is 13.9. The normalized spacial score (nSPS) is 16.5. The molecule has 0 bridgehead atoms. The zero-order valence-corrected chi connectivity index (χ0v) is 19.8. The monoisotopic (exact) mass is 464 g/mol. The second-order valence-corrected chi connectivity index (χ2v) is 10.2. The van der Waals surface area contributed by atoms with Crippen molar-refractivity contribution in [1.29, 1.82) is 0 Å². The van der Waals surface area contributed by atoms with Gasteiger partial charge in [0, 0.05) is 22.3 Å². The van der Waals surface area contributed by atoms with Gasteiger partial charge < -0.3 is 5.73 Å². The molecule has 2 aromatic carbocycles. The Balaban J connectivity index is 1.57. The zero-order chi connectivity index (χ0) is 21.5. The van der Waals surface area contributed by atoms with Crippen molar-refractivity contribution in [3.05, 3.63) is 63.6 Å². The minimum atomic E-state index is 0.112. The SMILES string of the molecule is CC(=O)c1ccc(SC(CCCN)C2CCN(Cc3ccc(Cl)c(Cl)c3)CC2)cc1. The standard InChI is InChI=1S/C24H30Cl2N2OS/c1-17(29)19-5-7-21(8-6-19)30-24(3-2-12-27)20-10-13-28(14-11-20)16-18-4-9-22(25)23(26)15-18/h4-9,15,20,24H,2-3,10-14,16,27H2,1H3. The molecule has 2 N–H and O–H groups in total. The number of hydrogen-bond acceptors (Lipinski definition) is 4. The number of halogens is 2. The fourth-order valence-corrected chi connectivity index (χ4v) is 5.74. The Kier molecular flexibility index (Phi) is 9.09. The number of likely N-dealkylation sites (tertiary alicyclic amines) is 1. The Morgan fingerprint density at radius 2 is 1.83 bits per heavy atom. The third-order valence-corrected chi connectivity index (χ3v) is 8.00. The second-order valence-electron chi connectivity index (χ2n) is 8.03. The maximum absolute atomic E-state index is 11.5. The van der Waals surface area contributed by atoms with E-state index in [9.17, 15) is 4.79 Å². The number of nitrogens with two attached hydrogens (primary N) is 1. The van der Waals surface area contributed by atoms with E-state index in [1.807, 2.05) is 36.0 Å². The van der Waals surface area contributed by atoms with Crippen LogP contribution in [0.5, 0.6) is 0 Å². The van der Waals surface area contributed by atoms with Crippen LogP contribution in [-0.4, -0.2) is 35.6 Å². The molecule has 1 atom stereocenters. The Morgan fingerprint density at radius 3 is 2.43 bits per heavy atom. The highest BCUT2D eigenvalue weighted by Crippen LogP contribution is 2.36. The lowest BCUT2D eigenvalue weighted by Gasteiger charge is -2.36. The van der Waals surface area contributed by atoms with Gasteiger partial charge in [-0.25, -0.2) is 0 Å². The summed E-state index contributed by atoms with van der Waals surface area (Å²) in [5, 5.41) is 1.79. The number of nitrogens with zero attached hydrogens (tertiary/aromatic N) is 1. The van der Waals surface area contributed by atoms with E-state index in [1.165, 1.54) is 23.3 Å². The van der Waals surface area contributed by atoms with Gasteiger partial charge in [0.25, 0.3) is 0 Å². The number of Topliss-reactive ketones (excluding diaryl/α,β-unsaturated/α-hetero) is 1. The maximum atomic E-state index is 11.5. The number of piperidine rings is 1. The molecule has 0 radical (unpaired) electrons. The number of thioether (sulfide) groups is 1. The van der Waals surface area contributed by atoms with Gasteiger partial charge >= 0.3 is 0 Å². The molecule has 1 fully saturated rings. The maximum Gasteiger partial charge on any atom is 0.159 e. The topological polar surface area (TPSA) is 46.3 Å². The molecule has 0 saturated carbocycles. The van der Waals surface area contributed by atoms with E-state index in [-0.39, 0.29) is 5.78 Å². The van der Waals surface area contributed by atoms with E-state index >= 15 is 0 Å². The first-order valence-electron chi connectivity index (χ1n) is 10.6. The van der Waals surface area contributed by atoms with Crippen molar-refractivity contribution in [2.45, 2.75) is 49.3 Å². The van der Waals surface area contributed by atoms with Crippen molar-refractivity contribution in [2.75, 3.05) is 19.6 Å². The highest BCUT2D eigenvalue weighted by atomic mass is 35.5. The smallest absolute Gasteiger partial charge is 0.159 e. The van der Waals surface area contributed by atoms with Crippen LogP contribution in [0.2, 0.25) is 10.0 Å². The van der Waals surface area contributed by atoms with Gasteiger partial charge in [-0.3, -0.25) is 9.69 Å². The van der Waals surface area contributed by atoms with Gasteiger partial charge in [0.2, 0.25) is 0 Å². The van der Waals surface area contributed by atoms with E-state index in [2.05, 4.69) is 23.1 Å². The third kappa shape index (κ3) is 6.73. The molecule has 0 aliphatic carbocycles. The van der Waals surface area contributed by atoms with Crippen molar-refractivity contribution in [3.63, 3.8) is 0 Å². The Hall–Kier alpha value is -1.04. The lowest BCUT2D eigenvalue weighted by Crippen LogP contribution is -2.36. The van der Waals surface area contributed by atoms with Crippen LogP contribution < -0.4 is 5.73 Å². The molecule has 30 heavy (non-hydrogen) atoms. The van der Waals surface area contributed by atoms with E-state index in [0.717, 1.165) is 44.6 Å². The van der Waals surface area contributed by atoms with E-state index in [1.54, 1.807) is 6.92 Å². The summed E-state index contributed by atoms with van der Waals surface area (Å²) in [7, 11) is 0. The molecule has 2 aromatic rings. The van der Waals surface area contributed by atoms with Crippen LogP contribution in [0.15, 0.2) is 47.4 Å². The van der Waals surface area contributed by atoms with Gasteiger partial charge in [0.05, 0.1) is 10.0 Å². The molecular weight excluding hydrogens is 435 g/mol. The number of carbonyl (C=O) groups is 1. The van der Waals surface area contributed by atoms with Crippen LogP contribution in [-0.2, 0) is 6.54 Å². The van der Waals surface area contributed by atoms with Crippen LogP contribution in [0.25, 0.3) is 0 Å². The Bertz CT molecular complexity index is 836. The molecular formula is C24H30Cl2N2OS. The highest BCUT2D eigenvalue weighted by Gasteiger charge is 2.27. The summed E-state index contributed by atoms with van der Waals surface area (Å²) < 4.78 is 0. The summed E-state index contributed by atoms with van der Waals surface area (Å²) in [6.45, 7) is 5.44. The first-order chi connectivity index (χ1) is 14.5. The summed E-state index contributed by atoms with van der Waals surface area (Å²) in [5.41, 5.74) is 7.79. The van der Waals surface area contributed by atoms with Gasteiger partial charge in [0.15, 0.2) is 5.78 Å². The second kappa shape index (κ2) is 11.5. The average Bonchev–Trinajstić information content (AvgIpc) is 2.75. The average molecular weight is 465 g/mol.